The lowest BCUT2D eigenvalue weighted by molar-refractivity contribution is -0.119. The van der Waals surface area contributed by atoms with Crippen molar-refractivity contribution in [2.45, 2.75) is 0 Å². The van der Waals surface area contributed by atoms with Crippen LogP contribution in [0.5, 0.6) is 0 Å². The molecule has 1 aromatic carbocycles. The van der Waals surface area contributed by atoms with Crippen LogP contribution in [0.4, 0.5) is 5.13 Å². The Bertz CT molecular complexity index is 829. The zero-order valence-corrected chi connectivity index (χ0v) is 13.5. The molecule has 0 bridgehead atoms. The van der Waals surface area contributed by atoms with Gasteiger partial charge in [0, 0.05) is 10.7 Å². The summed E-state index contributed by atoms with van der Waals surface area (Å²) in [7, 11) is 0. The number of benzene rings is 1. The predicted molar refractivity (Wildman–Crippen MR) is 87.0 cm³/mol. The van der Waals surface area contributed by atoms with Gasteiger partial charge < -0.3 is 9.72 Å². The van der Waals surface area contributed by atoms with Gasteiger partial charge in [0.1, 0.15) is 5.69 Å². The lowest BCUT2D eigenvalue weighted by Gasteiger charge is -2.03. The van der Waals surface area contributed by atoms with Crippen molar-refractivity contribution in [2.24, 2.45) is 0 Å². The molecule has 2 aromatic heterocycles. The largest absolute Gasteiger partial charge is 0.451 e. The number of nitrogens with one attached hydrogen (secondary N) is 2. The van der Waals surface area contributed by atoms with Crippen LogP contribution in [0.15, 0.2) is 41.0 Å². The van der Waals surface area contributed by atoms with Gasteiger partial charge in [0.05, 0.1) is 10.2 Å². The highest BCUT2D eigenvalue weighted by Crippen LogP contribution is 2.28. The number of hydrogen-bond acceptors (Lipinski definition) is 5. The molecule has 0 aliphatic carbocycles. The molecule has 8 heteroatoms. The van der Waals surface area contributed by atoms with E-state index >= 15 is 0 Å². The van der Waals surface area contributed by atoms with Crippen LogP contribution in [0.25, 0.3) is 10.2 Å². The maximum atomic E-state index is 11.8. The third-order valence-electron chi connectivity index (χ3n) is 2.75. The normalized spacial score (nSPS) is 10.6. The lowest BCUT2D eigenvalue weighted by atomic mass is 10.3. The third kappa shape index (κ3) is 3.34. The molecule has 0 fully saturated rings. The van der Waals surface area contributed by atoms with E-state index in [-0.39, 0.29) is 6.61 Å². The van der Waals surface area contributed by atoms with E-state index in [0.29, 0.717) is 10.8 Å². The molecule has 0 aliphatic heterocycles. The molecule has 3 aromatic rings. The number of fused-ring (bicyclic) bond motifs is 1. The van der Waals surface area contributed by atoms with Gasteiger partial charge in [-0.1, -0.05) is 27.3 Å². The molecule has 22 heavy (non-hydrogen) atoms. The molecule has 0 unspecified atom stereocenters. The minimum absolute atomic E-state index is 0.303. The number of amides is 1. The van der Waals surface area contributed by atoms with Gasteiger partial charge in [-0.2, -0.15) is 0 Å². The van der Waals surface area contributed by atoms with Crippen LogP contribution in [-0.2, 0) is 9.53 Å². The number of carbonyl (C=O) groups is 2. The van der Waals surface area contributed by atoms with Gasteiger partial charge in [-0.15, -0.1) is 0 Å². The molecule has 0 saturated carbocycles. The van der Waals surface area contributed by atoms with E-state index in [2.05, 4.69) is 31.2 Å². The minimum Gasteiger partial charge on any atom is -0.451 e. The molecule has 0 spiro atoms. The molecule has 2 heterocycles. The topological polar surface area (TPSA) is 84.1 Å². The number of halogens is 1. The molecule has 112 valence electrons. The first-order valence-corrected chi connectivity index (χ1v) is 7.89. The Morgan fingerprint density at radius 1 is 1.36 bits per heavy atom. The fourth-order valence-corrected chi connectivity index (χ4v) is 3.21. The summed E-state index contributed by atoms with van der Waals surface area (Å²) in [5.41, 5.74) is 1.10. The number of carbonyl (C=O) groups excluding carboxylic acids is 2. The van der Waals surface area contributed by atoms with Crippen molar-refractivity contribution in [2.75, 3.05) is 11.9 Å². The highest BCUT2D eigenvalue weighted by Gasteiger charge is 2.12. The molecular weight excluding hydrogens is 370 g/mol. The average molecular weight is 380 g/mol. The van der Waals surface area contributed by atoms with E-state index in [0.717, 1.165) is 14.7 Å². The van der Waals surface area contributed by atoms with E-state index in [4.69, 9.17) is 4.74 Å². The summed E-state index contributed by atoms with van der Waals surface area (Å²) < 4.78 is 6.80. The van der Waals surface area contributed by atoms with Crippen molar-refractivity contribution in [1.82, 2.24) is 9.97 Å². The first-order chi connectivity index (χ1) is 10.6. The summed E-state index contributed by atoms with van der Waals surface area (Å²) in [6.07, 6.45) is 1.61. The Labute approximate surface area is 137 Å². The third-order valence-corrected chi connectivity index (χ3v) is 4.18. The monoisotopic (exact) mass is 379 g/mol. The van der Waals surface area contributed by atoms with E-state index < -0.39 is 11.9 Å². The zero-order chi connectivity index (χ0) is 15.5. The fourth-order valence-electron chi connectivity index (χ4n) is 1.77. The van der Waals surface area contributed by atoms with Crippen LogP contribution in [0, 0.1) is 0 Å². The second-order valence-corrected chi connectivity index (χ2v) is 6.29. The Hall–Kier alpha value is -2.19. The van der Waals surface area contributed by atoms with Crippen molar-refractivity contribution in [3.63, 3.8) is 0 Å². The first kappa shape index (κ1) is 14.7. The number of thiazole rings is 1. The number of H-pyrrole nitrogens is 1. The molecule has 0 saturated heterocycles. The number of rotatable bonds is 4. The van der Waals surface area contributed by atoms with Crippen LogP contribution in [-0.4, -0.2) is 28.5 Å². The molecule has 2 N–H and O–H groups in total. The van der Waals surface area contributed by atoms with Crippen molar-refractivity contribution in [1.29, 1.82) is 0 Å². The highest BCUT2D eigenvalue weighted by atomic mass is 79.9. The molecule has 1 amide bonds. The van der Waals surface area contributed by atoms with Crippen LogP contribution >= 0.6 is 27.3 Å². The second-order valence-electron chi connectivity index (χ2n) is 4.34. The van der Waals surface area contributed by atoms with Crippen molar-refractivity contribution >= 4 is 54.5 Å². The molecule has 0 radical (unpaired) electrons. The number of hydrogen-bond donors (Lipinski definition) is 2. The number of ether oxygens (including phenoxy) is 1. The summed E-state index contributed by atoms with van der Waals surface area (Å²) >= 11 is 4.74. The van der Waals surface area contributed by atoms with Crippen LogP contribution < -0.4 is 5.32 Å². The summed E-state index contributed by atoms with van der Waals surface area (Å²) in [5, 5.41) is 3.08. The number of nitrogens with zero attached hydrogens (tertiary/aromatic N) is 1. The highest BCUT2D eigenvalue weighted by molar-refractivity contribution is 9.10. The fraction of sp³-hybridized carbons (Fsp3) is 0.0714. The van der Waals surface area contributed by atoms with Crippen molar-refractivity contribution in [3.05, 3.63) is 46.7 Å². The van der Waals surface area contributed by atoms with Gasteiger partial charge >= 0.3 is 5.97 Å². The van der Waals surface area contributed by atoms with Gasteiger partial charge in [0.2, 0.25) is 0 Å². The van der Waals surface area contributed by atoms with Crippen LogP contribution in [0.3, 0.4) is 0 Å². The Balaban J connectivity index is 1.59. The van der Waals surface area contributed by atoms with E-state index in [1.807, 2.05) is 18.2 Å². The predicted octanol–water partition coefficient (Wildman–Crippen LogP) is 3.18. The molecule has 0 aliphatic rings. The smallest absolute Gasteiger partial charge is 0.355 e. The number of esters is 1. The molecule has 0 atom stereocenters. The minimum atomic E-state index is -0.576. The quantitative estimate of drug-likeness (QED) is 0.681. The van der Waals surface area contributed by atoms with E-state index in [9.17, 15) is 9.59 Å². The number of anilines is 1. The van der Waals surface area contributed by atoms with Crippen molar-refractivity contribution < 1.29 is 14.3 Å². The van der Waals surface area contributed by atoms with E-state index in [1.54, 1.807) is 18.3 Å². The molecule has 6 nitrogen and oxygen atoms in total. The molecule has 3 rings (SSSR count). The van der Waals surface area contributed by atoms with Crippen molar-refractivity contribution in [3.8, 4) is 0 Å². The van der Waals surface area contributed by atoms with Gasteiger partial charge in [0.15, 0.2) is 11.7 Å². The first-order valence-electron chi connectivity index (χ1n) is 6.28. The van der Waals surface area contributed by atoms with Crippen LogP contribution in [0.1, 0.15) is 10.5 Å². The Kier molecular flexibility index (Phi) is 4.21. The standard InChI is InChI=1S/C14H10BrN3O3S/c15-8-3-4-9-11(6-8)22-14(17-9)18-12(19)7-21-13(20)10-2-1-5-16-10/h1-6,16H,7H2,(H,17,18,19). The maximum Gasteiger partial charge on any atom is 0.355 e. The average Bonchev–Trinajstić information content (AvgIpc) is 3.13. The van der Waals surface area contributed by atoms with Gasteiger partial charge in [-0.3, -0.25) is 10.1 Å². The lowest BCUT2D eigenvalue weighted by Crippen LogP contribution is -2.20. The van der Waals surface area contributed by atoms with Crippen LogP contribution in [0.2, 0.25) is 0 Å². The summed E-state index contributed by atoms with van der Waals surface area (Å²) in [6.45, 7) is -0.364. The number of aromatic nitrogens is 2. The van der Waals surface area contributed by atoms with Gasteiger partial charge in [-0.25, -0.2) is 9.78 Å². The Morgan fingerprint density at radius 3 is 3.00 bits per heavy atom. The SMILES string of the molecule is O=C(COC(=O)c1ccc[nH]1)Nc1nc2ccc(Br)cc2s1. The maximum absolute atomic E-state index is 11.8. The Morgan fingerprint density at radius 2 is 2.23 bits per heavy atom. The zero-order valence-electron chi connectivity index (χ0n) is 11.1. The number of aromatic amines is 1. The second kappa shape index (κ2) is 6.29. The molecular formula is C14H10BrN3O3S. The van der Waals surface area contributed by atoms with Gasteiger partial charge in [-0.05, 0) is 30.3 Å². The van der Waals surface area contributed by atoms with E-state index in [1.165, 1.54) is 11.3 Å². The summed E-state index contributed by atoms with van der Waals surface area (Å²) in [6, 6.07) is 8.91. The van der Waals surface area contributed by atoms with Gasteiger partial charge in [0.25, 0.3) is 5.91 Å². The summed E-state index contributed by atoms with van der Waals surface area (Å²) in [4.78, 5) is 30.4. The summed E-state index contributed by atoms with van der Waals surface area (Å²) in [5.74, 6) is -1.01.